The normalized spacial score (nSPS) is 11.1. The largest absolute Gasteiger partial charge is 0.506 e. The first-order valence-electron chi connectivity index (χ1n) is 7.19. The summed E-state index contributed by atoms with van der Waals surface area (Å²) in [4.78, 5) is 12.2. The first-order chi connectivity index (χ1) is 12.0. The molecule has 3 aromatic rings. The van der Waals surface area contributed by atoms with E-state index in [-0.39, 0.29) is 21.9 Å². The van der Waals surface area contributed by atoms with Gasteiger partial charge in [0.05, 0.1) is 10.7 Å². The minimum absolute atomic E-state index is 0.116. The summed E-state index contributed by atoms with van der Waals surface area (Å²) >= 11 is 6.25. The Kier molecular flexibility index (Phi) is 5.06. The second kappa shape index (κ2) is 7.25. The number of nitrogens with zero attached hydrogens (tertiary/aromatic N) is 1. The zero-order chi connectivity index (χ0) is 18.0. The van der Waals surface area contributed by atoms with E-state index in [4.69, 9.17) is 0 Å². The van der Waals surface area contributed by atoms with Gasteiger partial charge in [0.15, 0.2) is 0 Å². The molecule has 5 nitrogen and oxygen atoms in total. The number of hydrazone groups is 1. The molecule has 0 bridgehead atoms. The Balaban J connectivity index is 1.78. The number of hydrogen-bond acceptors (Lipinski definition) is 4. The molecule has 7 heteroatoms. The zero-order valence-corrected chi connectivity index (χ0v) is 15.9. The van der Waals surface area contributed by atoms with Crippen LogP contribution in [0, 0.1) is 0 Å². The quantitative estimate of drug-likeness (QED) is 0.394. The molecule has 0 fully saturated rings. The summed E-state index contributed by atoms with van der Waals surface area (Å²) in [6.45, 7) is 0. The van der Waals surface area contributed by atoms with E-state index < -0.39 is 0 Å². The number of nitrogens with one attached hydrogen (secondary N) is 1. The van der Waals surface area contributed by atoms with E-state index in [1.807, 2.05) is 30.3 Å². The third kappa shape index (κ3) is 3.67. The van der Waals surface area contributed by atoms with E-state index in [1.54, 1.807) is 12.1 Å². The summed E-state index contributed by atoms with van der Waals surface area (Å²) < 4.78 is 0.531. The Morgan fingerprint density at radius 3 is 2.48 bits per heavy atom. The van der Waals surface area contributed by atoms with Crippen LogP contribution in [0.2, 0.25) is 0 Å². The van der Waals surface area contributed by atoms with Gasteiger partial charge in [0.1, 0.15) is 16.0 Å². The molecule has 0 aromatic heterocycles. The minimum atomic E-state index is -0.363. The van der Waals surface area contributed by atoms with Crippen molar-refractivity contribution < 1.29 is 15.0 Å². The number of phenolic OH excluding ortho intramolecular Hbond substituents is 2. The van der Waals surface area contributed by atoms with Gasteiger partial charge in [-0.2, -0.15) is 5.10 Å². The van der Waals surface area contributed by atoms with Crippen LogP contribution in [0.1, 0.15) is 15.9 Å². The molecule has 0 aliphatic carbocycles. The first-order valence-corrected chi connectivity index (χ1v) is 8.78. The number of carbonyl (C=O) groups excluding carboxylic acids is 1. The Labute approximate surface area is 160 Å². The van der Waals surface area contributed by atoms with Crippen molar-refractivity contribution in [3.05, 3.63) is 68.6 Å². The van der Waals surface area contributed by atoms with Gasteiger partial charge in [-0.1, -0.05) is 30.3 Å². The molecular formula is C18H12Br2N2O3. The van der Waals surface area contributed by atoms with Crippen LogP contribution in [0.4, 0.5) is 0 Å². The predicted octanol–water partition coefficient (Wildman–Crippen LogP) is 4.54. The van der Waals surface area contributed by atoms with Crippen molar-refractivity contribution in [2.24, 2.45) is 5.10 Å². The van der Waals surface area contributed by atoms with Gasteiger partial charge in [-0.25, -0.2) is 5.43 Å². The molecule has 3 rings (SSSR count). The molecule has 0 radical (unpaired) electrons. The van der Waals surface area contributed by atoms with Crippen molar-refractivity contribution in [2.45, 2.75) is 0 Å². The van der Waals surface area contributed by atoms with Gasteiger partial charge < -0.3 is 10.2 Å². The van der Waals surface area contributed by atoms with Crippen LogP contribution in [0.25, 0.3) is 10.8 Å². The van der Waals surface area contributed by atoms with Gasteiger partial charge >= 0.3 is 0 Å². The fourth-order valence-corrected chi connectivity index (χ4v) is 3.42. The van der Waals surface area contributed by atoms with Crippen LogP contribution in [-0.4, -0.2) is 22.3 Å². The fraction of sp³-hybridized carbons (Fsp3) is 0. The third-order valence-corrected chi connectivity index (χ3v) is 4.93. The van der Waals surface area contributed by atoms with E-state index in [2.05, 4.69) is 42.4 Å². The number of phenols is 2. The van der Waals surface area contributed by atoms with Crippen LogP contribution in [0.15, 0.2) is 62.6 Å². The maximum Gasteiger partial charge on any atom is 0.271 e. The zero-order valence-electron chi connectivity index (χ0n) is 12.7. The molecule has 0 atom stereocenters. The first kappa shape index (κ1) is 17.4. The van der Waals surface area contributed by atoms with E-state index in [1.165, 1.54) is 12.3 Å². The summed E-state index contributed by atoms with van der Waals surface area (Å²) in [6.07, 6.45) is 1.29. The van der Waals surface area contributed by atoms with Crippen molar-refractivity contribution in [3.8, 4) is 11.5 Å². The van der Waals surface area contributed by atoms with Gasteiger partial charge in [0, 0.05) is 11.1 Å². The Bertz CT molecular complexity index is 1000. The second-order valence-electron chi connectivity index (χ2n) is 5.22. The average Bonchev–Trinajstić information content (AvgIpc) is 2.63. The Morgan fingerprint density at radius 2 is 1.72 bits per heavy atom. The molecule has 0 saturated carbocycles. The monoisotopic (exact) mass is 462 g/mol. The van der Waals surface area contributed by atoms with E-state index >= 15 is 0 Å². The topological polar surface area (TPSA) is 81.9 Å². The lowest BCUT2D eigenvalue weighted by Crippen LogP contribution is -2.17. The van der Waals surface area contributed by atoms with E-state index in [0.717, 1.165) is 10.8 Å². The summed E-state index contributed by atoms with van der Waals surface area (Å²) in [6, 6.07) is 14.6. The number of halogens is 2. The predicted molar refractivity (Wildman–Crippen MR) is 104 cm³/mol. The van der Waals surface area contributed by atoms with Crippen LogP contribution < -0.4 is 5.43 Å². The Morgan fingerprint density at radius 1 is 1.00 bits per heavy atom. The van der Waals surface area contributed by atoms with Crippen LogP contribution in [-0.2, 0) is 0 Å². The molecule has 0 heterocycles. The maximum atomic E-state index is 12.2. The summed E-state index contributed by atoms with van der Waals surface area (Å²) in [5, 5.41) is 25.5. The van der Waals surface area contributed by atoms with Gasteiger partial charge in [-0.05, 0) is 60.8 Å². The highest BCUT2D eigenvalue weighted by Crippen LogP contribution is 2.40. The average molecular weight is 464 g/mol. The smallest absolute Gasteiger partial charge is 0.271 e. The molecule has 0 spiro atoms. The van der Waals surface area contributed by atoms with Gasteiger partial charge in [0.2, 0.25) is 0 Å². The molecule has 0 aliphatic heterocycles. The van der Waals surface area contributed by atoms with E-state index in [0.29, 0.717) is 15.6 Å². The van der Waals surface area contributed by atoms with Gasteiger partial charge in [-0.15, -0.1) is 0 Å². The number of amides is 1. The summed E-state index contributed by atoms with van der Waals surface area (Å²) in [5.74, 6) is -0.655. The fourth-order valence-electron chi connectivity index (χ4n) is 2.27. The molecule has 25 heavy (non-hydrogen) atoms. The van der Waals surface area contributed by atoms with E-state index in [9.17, 15) is 15.0 Å². The molecular weight excluding hydrogens is 452 g/mol. The summed E-state index contributed by atoms with van der Waals surface area (Å²) in [7, 11) is 0. The second-order valence-corrected chi connectivity index (χ2v) is 6.87. The van der Waals surface area contributed by atoms with Crippen molar-refractivity contribution in [2.75, 3.05) is 0 Å². The van der Waals surface area contributed by atoms with Crippen LogP contribution in [0.5, 0.6) is 11.5 Å². The Hall–Kier alpha value is -2.38. The number of aromatic hydroxyl groups is 2. The lowest BCUT2D eigenvalue weighted by atomic mass is 10.1. The molecule has 3 aromatic carbocycles. The van der Waals surface area contributed by atoms with Crippen LogP contribution in [0.3, 0.4) is 0 Å². The number of carbonyl (C=O) groups is 1. The number of rotatable bonds is 3. The number of benzene rings is 3. The van der Waals surface area contributed by atoms with Crippen molar-refractivity contribution in [1.29, 1.82) is 0 Å². The third-order valence-electron chi connectivity index (χ3n) is 3.58. The number of hydrogen-bond donors (Lipinski definition) is 3. The lowest BCUT2D eigenvalue weighted by Gasteiger charge is -2.06. The lowest BCUT2D eigenvalue weighted by molar-refractivity contribution is 0.0955. The highest BCUT2D eigenvalue weighted by atomic mass is 79.9. The minimum Gasteiger partial charge on any atom is -0.506 e. The standard InChI is InChI=1S/C18H12Br2N2O3/c19-14-8-13(16(23)15(20)17(14)24)9-21-22-18(25)12-6-5-10-3-1-2-4-11(10)7-12/h1-9,23-24H,(H,22,25)/b21-9+. The molecule has 0 saturated heterocycles. The SMILES string of the molecule is O=C(N/N=C/c1cc(Br)c(O)c(Br)c1O)c1ccc2ccccc2c1. The maximum absolute atomic E-state index is 12.2. The molecule has 0 unspecified atom stereocenters. The molecule has 0 aliphatic rings. The molecule has 1 amide bonds. The highest BCUT2D eigenvalue weighted by Gasteiger charge is 2.13. The number of fused-ring (bicyclic) bond motifs is 1. The van der Waals surface area contributed by atoms with Crippen molar-refractivity contribution in [3.63, 3.8) is 0 Å². The summed E-state index contributed by atoms with van der Waals surface area (Å²) in [5.41, 5.74) is 3.23. The molecule has 126 valence electrons. The van der Waals surface area contributed by atoms with Crippen LogP contribution >= 0.6 is 31.9 Å². The van der Waals surface area contributed by atoms with Gasteiger partial charge in [0.25, 0.3) is 5.91 Å². The van der Waals surface area contributed by atoms with Crippen molar-refractivity contribution >= 4 is 54.8 Å². The highest BCUT2D eigenvalue weighted by molar-refractivity contribution is 9.11. The van der Waals surface area contributed by atoms with Gasteiger partial charge in [-0.3, -0.25) is 4.79 Å². The molecule has 3 N–H and O–H groups in total. The van der Waals surface area contributed by atoms with Crippen molar-refractivity contribution in [1.82, 2.24) is 5.43 Å².